The van der Waals surface area contributed by atoms with Crippen molar-refractivity contribution in [3.05, 3.63) is 33.5 Å². The first kappa shape index (κ1) is 13.2. The fraction of sp³-hybridized carbons (Fsp3) is 0.417. The van der Waals surface area contributed by atoms with E-state index in [1.54, 1.807) is 12.1 Å². The standard InChI is InChI=1S/C12H14BrFO2/c1-6(2)8-4-9(7(3)12(15)16)11(14)10(13)5-8/h4-7H,1-3H3,(H,15,16). The molecule has 0 aliphatic rings. The second-order valence-corrected chi connectivity index (χ2v) is 4.97. The molecule has 0 aromatic heterocycles. The summed E-state index contributed by atoms with van der Waals surface area (Å²) in [5.74, 6) is -2.11. The Kier molecular flexibility index (Phi) is 4.08. The molecule has 0 fully saturated rings. The Morgan fingerprint density at radius 2 is 1.94 bits per heavy atom. The highest BCUT2D eigenvalue weighted by molar-refractivity contribution is 9.10. The Labute approximate surface area is 103 Å². The second-order valence-electron chi connectivity index (χ2n) is 4.12. The van der Waals surface area contributed by atoms with Crippen LogP contribution in [-0.2, 0) is 4.79 Å². The zero-order chi connectivity index (χ0) is 12.5. The molecule has 1 unspecified atom stereocenters. The number of carbonyl (C=O) groups is 1. The predicted octanol–water partition coefficient (Wildman–Crippen LogP) is 3.90. The monoisotopic (exact) mass is 288 g/mol. The lowest BCUT2D eigenvalue weighted by molar-refractivity contribution is -0.138. The minimum Gasteiger partial charge on any atom is -0.481 e. The van der Waals surface area contributed by atoms with Gasteiger partial charge in [0, 0.05) is 5.56 Å². The number of benzene rings is 1. The predicted molar refractivity (Wildman–Crippen MR) is 64.2 cm³/mol. The Hall–Kier alpha value is -0.900. The van der Waals surface area contributed by atoms with Gasteiger partial charge in [-0.25, -0.2) is 4.39 Å². The molecule has 1 rings (SSSR count). The molecule has 88 valence electrons. The average Bonchev–Trinajstić information content (AvgIpc) is 2.20. The maximum atomic E-state index is 13.7. The van der Waals surface area contributed by atoms with Crippen molar-refractivity contribution in [2.75, 3.05) is 0 Å². The lowest BCUT2D eigenvalue weighted by Crippen LogP contribution is -2.10. The topological polar surface area (TPSA) is 37.3 Å². The minimum absolute atomic E-state index is 0.227. The quantitative estimate of drug-likeness (QED) is 0.916. The fourth-order valence-electron chi connectivity index (χ4n) is 1.41. The van der Waals surface area contributed by atoms with E-state index in [4.69, 9.17) is 5.11 Å². The van der Waals surface area contributed by atoms with Gasteiger partial charge in [0.05, 0.1) is 10.4 Å². The SMILES string of the molecule is CC(C)c1cc(Br)c(F)c(C(C)C(=O)O)c1. The molecule has 4 heteroatoms. The highest BCUT2D eigenvalue weighted by Crippen LogP contribution is 2.30. The van der Waals surface area contributed by atoms with Crippen LogP contribution in [0.3, 0.4) is 0 Å². The molecular weight excluding hydrogens is 275 g/mol. The van der Waals surface area contributed by atoms with Gasteiger partial charge in [-0.3, -0.25) is 4.79 Å². The molecule has 1 aromatic rings. The fourth-order valence-corrected chi connectivity index (χ4v) is 1.91. The molecule has 0 heterocycles. The van der Waals surface area contributed by atoms with Crippen molar-refractivity contribution >= 4 is 21.9 Å². The van der Waals surface area contributed by atoms with Crippen molar-refractivity contribution in [3.8, 4) is 0 Å². The van der Waals surface area contributed by atoms with Crippen LogP contribution < -0.4 is 0 Å². The van der Waals surface area contributed by atoms with E-state index in [0.29, 0.717) is 4.47 Å². The smallest absolute Gasteiger partial charge is 0.310 e. The third kappa shape index (κ3) is 2.61. The van der Waals surface area contributed by atoms with Crippen molar-refractivity contribution in [2.24, 2.45) is 0 Å². The van der Waals surface area contributed by atoms with Crippen LogP contribution in [0.25, 0.3) is 0 Å². The van der Waals surface area contributed by atoms with E-state index in [0.717, 1.165) is 5.56 Å². The molecule has 0 bridgehead atoms. The molecule has 1 atom stereocenters. The molecule has 0 aliphatic carbocycles. The summed E-state index contributed by atoms with van der Waals surface area (Å²) in [7, 11) is 0. The number of carboxylic acids is 1. The Morgan fingerprint density at radius 1 is 1.38 bits per heavy atom. The third-order valence-corrected chi connectivity index (χ3v) is 3.16. The first-order valence-corrected chi connectivity index (χ1v) is 5.85. The van der Waals surface area contributed by atoms with E-state index < -0.39 is 17.7 Å². The summed E-state index contributed by atoms with van der Waals surface area (Å²) in [5, 5.41) is 8.90. The summed E-state index contributed by atoms with van der Waals surface area (Å²) in [5.41, 5.74) is 1.15. The van der Waals surface area contributed by atoms with E-state index in [1.165, 1.54) is 6.92 Å². The zero-order valence-corrected chi connectivity index (χ0v) is 11.0. The van der Waals surface area contributed by atoms with Gasteiger partial charge in [0.1, 0.15) is 5.82 Å². The van der Waals surface area contributed by atoms with Crippen LogP contribution in [0.2, 0.25) is 0 Å². The van der Waals surface area contributed by atoms with E-state index >= 15 is 0 Å². The molecule has 16 heavy (non-hydrogen) atoms. The van der Waals surface area contributed by atoms with Crippen LogP contribution in [0, 0.1) is 5.82 Å². The Balaban J connectivity index is 3.32. The maximum absolute atomic E-state index is 13.7. The first-order chi connectivity index (χ1) is 7.34. The normalized spacial score (nSPS) is 12.9. The van der Waals surface area contributed by atoms with Gasteiger partial charge in [-0.15, -0.1) is 0 Å². The van der Waals surface area contributed by atoms with Crippen LogP contribution in [0.1, 0.15) is 43.7 Å². The van der Waals surface area contributed by atoms with E-state index in [-0.39, 0.29) is 11.5 Å². The van der Waals surface area contributed by atoms with Gasteiger partial charge >= 0.3 is 5.97 Å². The molecule has 0 aliphatic heterocycles. The Bertz CT molecular complexity index is 416. The van der Waals surface area contributed by atoms with Crippen molar-refractivity contribution in [2.45, 2.75) is 32.6 Å². The van der Waals surface area contributed by atoms with Gasteiger partial charge < -0.3 is 5.11 Å². The number of hydrogen-bond acceptors (Lipinski definition) is 1. The molecular formula is C12H14BrFO2. The van der Waals surface area contributed by atoms with E-state index in [9.17, 15) is 9.18 Å². The summed E-state index contributed by atoms with van der Waals surface area (Å²) in [6, 6.07) is 3.32. The maximum Gasteiger partial charge on any atom is 0.310 e. The van der Waals surface area contributed by atoms with Crippen molar-refractivity contribution in [1.29, 1.82) is 0 Å². The molecule has 1 N–H and O–H groups in total. The minimum atomic E-state index is -1.02. The van der Waals surface area contributed by atoms with Gasteiger partial charge in [-0.05, 0) is 40.4 Å². The van der Waals surface area contributed by atoms with Crippen molar-refractivity contribution in [3.63, 3.8) is 0 Å². The van der Waals surface area contributed by atoms with Crippen LogP contribution >= 0.6 is 15.9 Å². The summed E-state index contributed by atoms with van der Waals surface area (Å²) in [6.45, 7) is 5.45. The van der Waals surface area contributed by atoms with Gasteiger partial charge in [0.15, 0.2) is 0 Å². The molecule has 2 nitrogen and oxygen atoms in total. The van der Waals surface area contributed by atoms with Crippen molar-refractivity contribution < 1.29 is 14.3 Å². The molecule has 0 saturated carbocycles. The highest BCUT2D eigenvalue weighted by atomic mass is 79.9. The number of halogens is 2. The van der Waals surface area contributed by atoms with Crippen LogP contribution in [0.5, 0.6) is 0 Å². The summed E-state index contributed by atoms with van der Waals surface area (Å²) in [4.78, 5) is 10.9. The number of rotatable bonds is 3. The molecule has 0 radical (unpaired) electrons. The summed E-state index contributed by atoms with van der Waals surface area (Å²) in [6.07, 6.45) is 0. The number of aliphatic carboxylic acids is 1. The number of carboxylic acid groups (broad SMARTS) is 1. The summed E-state index contributed by atoms with van der Waals surface area (Å²) < 4.78 is 14.1. The highest BCUT2D eigenvalue weighted by Gasteiger charge is 2.21. The lowest BCUT2D eigenvalue weighted by Gasteiger charge is -2.14. The summed E-state index contributed by atoms with van der Waals surface area (Å²) >= 11 is 3.11. The van der Waals surface area contributed by atoms with Gasteiger partial charge in [-0.2, -0.15) is 0 Å². The van der Waals surface area contributed by atoms with Crippen molar-refractivity contribution in [1.82, 2.24) is 0 Å². The molecule has 0 amide bonds. The third-order valence-electron chi connectivity index (χ3n) is 2.58. The van der Waals surface area contributed by atoms with E-state index in [1.807, 2.05) is 13.8 Å². The first-order valence-electron chi connectivity index (χ1n) is 5.06. The van der Waals surface area contributed by atoms with Gasteiger partial charge in [0.2, 0.25) is 0 Å². The zero-order valence-electron chi connectivity index (χ0n) is 9.42. The molecule has 0 spiro atoms. The largest absolute Gasteiger partial charge is 0.481 e. The number of hydrogen-bond donors (Lipinski definition) is 1. The lowest BCUT2D eigenvalue weighted by atomic mass is 9.94. The van der Waals surface area contributed by atoms with Gasteiger partial charge in [-0.1, -0.05) is 19.9 Å². The second kappa shape index (κ2) is 4.95. The molecule has 0 saturated heterocycles. The molecule has 1 aromatic carbocycles. The van der Waals surface area contributed by atoms with Crippen LogP contribution in [0.15, 0.2) is 16.6 Å². The van der Waals surface area contributed by atoms with Crippen LogP contribution in [0.4, 0.5) is 4.39 Å². The van der Waals surface area contributed by atoms with Crippen LogP contribution in [-0.4, -0.2) is 11.1 Å². The van der Waals surface area contributed by atoms with Gasteiger partial charge in [0.25, 0.3) is 0 Å². The average molecular weight is 289 g/mol. The Morgan fingerprint density at radius 3 is 2.38 bits per heavy atom. The van der Waals surface area contributed by atoms with E-state index in [2.05, 4.69) is 15.9 Å².